The molecule has 0 aliphatic rings. The number of halogens is 1. The number of nitrogens with zero attached hydrogens (tertiary/aromatic N) is 2. The zero-order chi connectivity index (χ0) is 16.4. The van der Waals surface area contributed by atoms with Gasteiger partial charge in [0.05, 0.1) is 17.7 Å². The van der Waals surface area contributed by atoms with Gasteiger partial charge in [-0.25, -0.2) is 0 Å². The Morgan fingerprint density at radius 2 is 2.17 bits per heavy atom. The molecule has 7 heteroatoms. The first-order valence-electron chi connectivity index (χ1n) is 7.06. The van der Waals surface area contributed by atoms with Crippen LogP contribution in [0.3, 0.4) is 0 Å². The third kappa shape index (κ3) is 3.33. The summed E-state index contributed by atoms with van der Waals surface area (Å²) < 4.78 is 11.1. The Morgan fingerprint density at radius 3 is 2.87 bits per heavy atom. The maximum Gasteiger partial charge on any atom is 0.257 e. The maximum atomic E-state index is 6.13. The Morgan fingerprint density at radius 1 is 1.35 bits per heavy atom. The summed E-state index contributed by atoms with van der Waals surface area (Å²) in [6, 6.07) is 7.47. The van der Waals surface area contributed by atoms with E-state index in [9.17, 15) is 0 Å². The molecule has 5 nitrogen and oxygen atoms in total. The summed E-state index contributed by atoms with van der Waals surface area (Å²) in [6.07, 6.45) is 0. The minimum Gasteiger partial charge on any atom is -0.495 e. The lowest BCUT2D eigenvalue weighted by Crippen LogP contribution is -2.08. The number of ether oxygens (including phenoxy) is 1. The number of methoxy groups -OCH3 is 1. The van der Waals surface area contributed by atoms with Crippen LogP contribution in [0.25, 0.3) is 10.8 Å². The quantitative estimate of drug-likeness (QED) is 0.706. The SMILES string of the molecule is COc1cc(Cl)c(C)cc1N[C@@H](C)c1nnc(-c2cccs2)o1. The van der Waals surface area contributed by atoms with Gasteiger partial charge in [0, 0.05) is 11.1 Å². The normalized spacial score (nSPS) is 12.2. The first-order chi connectivity index (χ1) is 11.1. The minimum absolute atomic E-state index is 0.161. The van der Waals surface area contributed by atoms with Gasteiger partial charge in [-0.15, -0.1) is 21.5 Å². The van der Waals surface area contributed by atoms with Gasteiger partial charge in [0.25, 0.3) is 5.89 Å². The lowest BCUT2D eigenvalue weighted by atomic mass is 10.2. The molecule has 1 aromatic carbocycles. The van der Waals surface area contributed by atoms with E-state index in [-0.39, 0.29) is 6.04 Å². The van der Waals surface area contributed by atoms with Crippen LogP contribution in [-0.4, -0.2) is 17.3 Å². The average Bonchev–Trinajstić information content (AvgIpc) is 3.20. The van der Waals surface area contributed by atoms with E-state index in [4.69, 9.17) is 20.8 Å². The Kier molecular flexibility index (Phi) is 4.54. The van der Waals surface area contributed by atoms with Gasteiger partial charge in [-0.05, 0) is 36.9 Å². The summed E-state index contributed by atoms with van der Waals surface area (Å²) in [5, 5.41) is 14.2. The van der Waals surface area contributed by atoms with Crippen molar-refractivity contribution in [2.75, 3.05) is 12.4 Å². The molecule has 0 aliphatic heterocycles. The van der Waals surface area contributed by atoms with Crippen LogP contribution in [0.4, 0.5) is 5.69 Å². The highest BCUT2D eigenvalue weighted by atomic mass is 35.5. The van der Waals surface area contributed by atoms with E-state index in [0.717, 1.165) is 16.1 Å². The molecule has 3 rings (SSSR count). The number of aromatic nitrogens is 2. The molecular formula is C16H16ClN3O2S. The van der Waals surface area contributed by atoms with Gasteiger partial charge >= 0.3 is 0 Å². The first-order valence-corrected chi connectivity index (χ1v) is 8.32. The Bertz CT molecular complexity index is 802. The van der Waals surface area contributed by atoms with Gasteiger partial charge < -0.3 is 14.5 Å². The van der Waals surface area contributed by atoms with E-state index in [1.54, 1.807) is 24.5 Å². The molecule has 0 saturated heterocycles. The van der Waals surface area contributed by atoms with Crippen LogP contribution >= 0.6 is 22.9 Å². The monoisotopic (exact) mass is 349 g/mol. The van der Waals surface area contributed by atoms with Crippen LogP contribution in [0.15, 0.2) is 34.1 Å². The summed E-state index contributed by atoms with van der Waals surface area (Å²) in [4.78, 5) is 0.955. The van der Waals surface area contributed by atoms with Crippen molar-refractivity contribution in [1.29, 1.82) is 0 Å². The molecule has 2 aromatic heterocycles. The van der Waals surface area contributed by atoms with Gasteiger partial charge in [0.15, 0.2) is 0 Å². The summed E-state index contributed by atoms with van der Waals surface area (Å²) in [5.74, 6) is 1.72. The number of benzene rings is 1. The molecule has 2 heterocycles. The molecule has 0 fully saturated rings. The molecule has 0 bridgehead atoms. The van der Waals surface area contributed by atoms with Crippen molar-refractivity contribution in [3.8, 4) is 16.5 Å². The van der Waals surface area contributed by atoms with E-state index in [1.807, 2.05) is 37.4 Å². The van der Waals surface area contributed by atoms with E-state index in [1.165, 1.54) is 0 Å². The Labute approximate surface area is 143 Å². The lowest BCUT2D eigenvalue weighted by molar-refractivity contribution is 0.415. The molecule has 0 saturated carbocycles. The van der Waals surface area contributed by atoms with Crippen molar-refractivity contribution >= 4 is 28.6 Å². The number of hydrogen-bond donors (Lipinski definition) is 1. The van der Waals surface area contributed by atoms with Crippen molar-refractivity contribution in [2.24, 2.45) is 0 Å². The maximum absolute atomic E-state index is 6.13. The van der Waals surface area contributed by atoms with Crippen LogP contribution < -0.4 is 10.1 Å². The highest BCUT2D eigenvalue weighted by Gasteiger charge is 2.17. The van der Waals surface area contributed by atoms with Crippen LogP contribution in [0, 0.1) is 6.92 Å². The fourth-order valence-electron chi connectivity index (χ4n) is 2.15. The molecule has 0 unspecified atom stereocenters. The number of aryl methyl sites for hydroxylation is 1. The smallest absolute Gasteiger partial charge is 0.257 e. The number of nitrogens with one attached hydrogen (secondary N) is 1. The number of hydrogen-bond acceptors (Lipinski definition) is 6. The molecule has 0 spiro atoms. The summed E-state index contributed by atoms with van der Waals surface area (Å²) >= 11 is 7.69. The van der Waals surface area contributed by atoms with Crippen molar-refractivity contribution in [3.05, 3.63) is 46.1 Å². The van der Waals surface area contributed by atoms with Crippen LogP contribution in [0.1, 0.15) is 24.4 Å². The fraction of sp³-hybridized carbons (Fsp3) is 0.250. The summed E-state index contributed by atoms with van der Waals surface area (Å²) in [7, 11) is 1.61. The zero-order valence-corrected chi connectivity index (χ0v) is 14.5. The second kappa shape index (κ2) is 6.60. The molecule has 3 aromatic rings. The molecule has 0 aliphatic carbocycles. The Hall–Kier alpha value is -2.05. The topological polar surface area (TPSA) is 60.2 Å². The van der Waals surface area contributed by atoms with Gasteiger partial charge in [-0.1, -0.05) is 17.7 Å². The molecule has 1 atom stereocenters. The highest BCUT2D eigenvalue weighted by molar-refractivity contribution is 7.13. The van der Waals surface area contributed by atoms with Crippen molar-refractivity contribution in [1.82, 2.24) is 10.2 Å². The fourth-order valence-corrected chi connectivity index (χ4v) is 2.95. The Balaban J connectivity index is 1.82. The van der Waals surface area contributed by atoms with E-state index in [0.29, 0.717) is 22.6 Å². The largest absolute Gasteiger partial charge is 0.495 e. The van der Waals surface area contributed by atoms with Crippen LogP contribution in [0.5, 0.6) is 5.75 Å². The van der Waals surface area contributed by atoms with Crippen LogP contribution in [0.2, 0.25) is 5.02 Å². The standard InChI is InChI=1S/C16H16ClN3O2S/c1-9-7-12(13(21-3)8-11(9)17)18-10(2)15-19-20-16(22-15)14-5-4-6-23-14/h4-8,10,18H,1-3H3/t10-/m0/s1. The minimum atomic E-state index is -0.161. The number of thiophene rings is 1. The lowest BCUT2D eigenvalue weighted by Gasteiger charge is -2.16. The molecular weight excluding hydrogens is 334 g/mol. The molecule has 0 radical (unpaired) electrons. The predicted molar refractivity (Wildman–Crippen MR) is 92.4 cm³/mol. The third-order valence-corrected chi connectivity index (χ3v) is 4.66. The van der Waals surface area contributed by atoms with E-state index in [2.05, 4.69) is 15.5 Å². The first kappa shape index (κ1) is 15.8. The second-order valence-electron chi connectivity index (χ2n) is 5.09. The van der Waals surface area contributed by atoms with Crippen molar-refractivity contribution < 1.29 is 9.15 Å². The number of rotatable bonds is 5. The molecule has 1 N–H and O–H groups in total. The molecule has 23 heavy (non-hydrogen) atoms. The van der Waals surface area contributed by atoms with E-state index < -0.39 is 0 Å². The third-order valence-electron chi connectivity index (χ3n) is 3.40. The average molecular weight is 350 g/mol. The van der Waals surface area contributed by atoms with E-state index >= 15 is 0 Å². The van der Waals surface area contributed by atoms with Gasteiger partial charge in [-0.2, -0.15) is 0 Å². The van der Waals surface area contributed by atoms with Gasteiger partial charge in [-0.3, -0.25) is 0 Å². The number of anilines is 1. The van der Waals surface area contributed by atoms with Gasteiger partial charge in [0.2, 0.25) is 5.89 Å². The van der Waals surface area contributed by atoms with Crippen LogP contribution in [-0.2, 0) is 0 Å². The highest BCUT2D eigenvalue weighted by Crippen LogP contribution is 2.33. The summed E-state index contributed by atoms with van der Waals surface area (Å²) in [5.41, 5.74) is 1.80. The van der Waals surface area contributed by atoms with Crippen molar-refractivity contribution in [2.45, 2.75) is 19.9 Å². The van der Waals surface area contributed by atoms with Gasteiger partial charge in [0.1, 0.15) is 11.8 Å². The summed E-state index contributed by atoms with van der Waals surface area (Å²) in [6.45, 7) is 3.90. The second-order valence-corrected chi connectivity index (χ2v) is 6.45. The zero-order valence-electron chi connectivity index (χ0n) is 13.0. The molecule has 0 amide bonds. The van der Waals surface area contributed by atoms with Crippen molar-refractivity contribution in [3.63, 3.8) is 0 Å². The predicted octanol–water partition coefficient (Wildman–Crippen LogP) is 4.94. The molecule has 120 valence electrons.